The van der Waals surface area contributed by atoms with Gasteiger partial charge in [-0.2, -0.15) is 0 Å². The van der Waals surface area contributed by atoms with Crippen LogP contribution in [0.1, 0.15) is 0 Å². The molecule has 1 aromatic carbocycles. The van der Waals surface area contributed by atoms with Crippen LogP contribution < -0.4 is 4.52 Å². The fourth-order valence-electron chi connectivity index (χ4n) is 0.644. The summed E-state index contributed by atoms with van der Waals surface area (Å²) >= 11 is 0. The minimum absolute atomic E-state index is 0.00746. The van der Waals surface area contributed by atoms with E-state index >= 15 is 0 Å². The Bertz CT molecular complexity index is 300. The van der Waals surface area contributed by atoms with E-state index < -0.39 is 7.82 Å². The average molecular weight is 190 g/mol. The quantitative estimate of drug-likeness (QED) is 0.602. The number of phosphoric acid groups is 1. The van der Waals surface area contributed by atoms with E-state index in [-0.39, 0.29) is 11.5 Å². The van der Waals surface area contributed by atoms with Crippen LogP contribution in [0.15, 0.2) is 24.3 Å². The van der Waals surface area contributed by atoms with Gasteiger partial charge >= 0.3 is 7.82 Å². The van der Waals surface area contributed by atoms with Crippen LogP contribution in [0.2, 0.25) is 0 Å². The van der Waals surface area contributed by atoms with Crippen molar-refractivity contribution < 1.29 is 24.0 Å². The van der Waals surface area contributed by atoms with Crippen molar-refractivity contribution in [2.45, 2.75) is 0 Å². The van der Waals surface area contributed by atoms with Gasteiger partial charge in [-0.25, -0.2) is 4.57 Å². The van der Waals surface area contributed by atoms with Gasteiger partial charge in [0.05, 0.1) is 0 Å². The van der Waals surface area contributed by atoms with E-state index in [9.17, 15) is 4.57 Å². The maximum Gasteiger partial charge on any atom is 0.524 e. The topological polar surface area (TPSA) is 87.0 Å². The normalized spacial score (nSPS) is 11.2. The van der Waals surface area contributed by atoms with Gasteiger partial charge in [0.1, 0.15) is 11.5 Å². The first-order valence-corrected chi connectivity index (χ1v) is 4.54. The zero-order valence-corrected chi connectivity index (χ0v) is 6.81. The Morgan fingerprint density at radius 3 is 2.08 bits per heavy atom. The Labute approximate surface area is 68.5 Å². The Kier molecular flexibility index (Phi) is 2.38. The lowest BCUT2D eigenvalue weighted by atomic mass is 10.3. The molecule has 0 saturated carbocycles. The fraction of sp³-hybridized carbons (Fsp3) is 0. The largest absolute Gasteiger partial charge is 0.524 e. The SMILES string of the molecule is O=P(O)(O)Oc1ccc(O)cc1. The van der Waals surface area contributed by atoms with Crippen molar-refractivity contribution >= 4 is 7.82 Å². The summed E-state index contributed by atoms with van der Waals surface area (Å²) in [5, 5.41) is 8.81. The Hall–Kier alpha value is -1.03. The lowest BCUT2D eigenvalue weighted by Gasteiger charge is -2.05. The van der Waals surface area contributed by atoms with Gasteiger partial charge in [-0.1, -0.05) is 0 Å². The van der Waals surface area contributed by atoms with Crippen LogP contribution in [0.4, 0.5) is 0 Å². The molecule has 0 saturated heterocycles. The summed E-state index contributed by atoms with van der Waals surface area (Å²) < 4.78 is 14.5. The maximum atomic E-state index is 10.3. The summed E-state index contributed by atoms with van der Waals surface area (Å²) in [6.45, 7) is 0. The molecule has 1 aromatic rings. The highest BCUT2D eigenvalue weighted by Gasteiger charge is 2.15. The van der Waals surface area contributed by atoms with Crippen LogP contribution in [0.25, 0.3) is 0 Å². The molecule has 0 heterocycles. The van der Waals surface area contributed by atoms with E-state index in [4.69, 9.17) is 14.9 Å². The van der Waals surface area contributed by atoms with E-state index in [0.717, 1.165) is 0 Å². The molecule has 0 aliphatic carbocycles. The summed E-state index contributed by atoms with van der Waals surface area (Å²) in [6.07, 6.45) is 0. The van der Waals surface area contributed by atoms with Gasteiger partial charge in [-0.3, -0.25) is 9.79 Å². The Balaban J connectivity index is 2.78. The van der Waals surface area contributed by atoms with Crippen LogP contribution in [0.3, 0.4) is 0 Å². The molecular weight excluding hydrogens is 183 g/mol. The molecule has 0 spiro atoms. The summed E-state index contributed by atoms with van der Waals surface area (Å²) in [7, 11) is -4.48. The summed E-state index contributed by atoms with van der Waals surface area (Å²) in [4.78, 5) is 16.7. The molecule has 1 rings (SSSR count). The predicted octanol–water partition coefficient (Wildman–Crippen LogP) is 0.864. The molecule has 0 aliphatic heterocycles. The van der Waals surface area contributed by atoms with E-state index in [2.05, 4.69) is 4.52 Å². The smallest absolute Gasteiger partial charge is 0.508 e. The molecule has 6 heteroatoms. The van der Waals surface area contributed by atoms with Gasteiger partial charge in [-0.15, -0.1) is 0 Å². The molecule has 66 valence electrons. The highest BCUT2D eigenvalue weighted by atomic mass is 31.2. The third-order valence-corrected chi connectivity index (χ3v) is 1.51. The minimum Gasteiger partial charge on any atom is -0.508 e. The molecular formula is C6H7O5P. The number of phenolic OH excluding ortho intramolecular Hbond substituents is 1. The zero-order valence-electron chi connectivity index (χ0n) is 5.91. The fourth-order valence-corrected chi connectivity index (χ4v) is 1.04. The predicted molar refractivity (Wildman–Crippen MR) is 40.8 cm³/mol. The second-order valence-corrected chi connectivity index (χ2v) is 3.24. The lowest BCUT2D eigenvalue weighted by molar-refractivity contribution is 0.283. The Morgan fingerprint density at radius 2 is 1.67 bits per heavy atom. The molecule has 0 aliphatic rings. The van der Waals surface area contributed by atoms with Crippen molar-refractivity contribution in [2.75, 3.05) is 0 Å². The van der Waals surface area contributed by atoms with Gasteiger partial charge in [0, 0.05) is 0 Å². The zero-order chi connectivity index (χ0) is 9.19. The molecule has 0 unspecified atom stereocenters. The van der Waals surface area contributed by atoms with E-state index in [1.807, 2.05) is 0 Å². The highest BCUT2D eigenvalue weighted by molar-refractivity contribution is 7.46. The van der Waals surface area contributed by atoms with Crippen molar-refractivity contribution in [1.29, 1.82) is 0 Å². The van der Waals surface area contributed by atoms with Gasteiger partial charge in [-0.05, 0) is 24.3 Å². The van der Waals surface area contributed by atoms with E-state index in [0.29, 0.717) is 0 Å². The monoisotopic (exact) mass is 190 g/mol. The van der Waals surface area contributed by atoms with E-state index in [1.165, 1.54) is 24.3 Å². The number of hydrogen-bond donors (Lipinski definition) is 3. The van der Waals surface area contributed by atoms with Crippen molar-refractivity contribution in [3.05, 3.63) is 24.3 Å². The number of hydrogen-bond acceptors (Lipinski definition) is 3. The van der Waals surface area contributed by atoms with Crippen LogP contribution in [-0.2, 0) is 4.57 Å². The van der Waals surface area contributed by atoms with Crippen LogP contribution in [0, 0.1) is 0 Å². The number of aromatic hydroxyl groups is 1. The van der Waals surface area contributed by atoms with Gasteiger partial charge in [0.25, 0.3) is 0 Å². The Morgan fingerprint density at radius 1 is 1.17 bits per heavy atom. The molecule has 0 aromatic heterocycles. The highest BCUT2D eigenvalue weighted by Crippen LogP contribution is 2.37. The van der Waals surface area contributed by atoms with Crippen LogP contribution in [-0.4, -0.2) is 14.9 Å². The molecule has 12 heavy (non-hydrogen) atoms. The van der Waals surface area contributed by atoms with Crippen LogP contribution in [0.5, 0.6) is 11.5 Å². The summed E-state index contributed by atoms with van der Waals surface area (Å²) in [6, 6.07) is 5.05. The molecule has 0 fully saturated rings. The van der Waals surface area contributed by atoms with E-state index in [1.54, 1.807) is 0 Å². The first-order valence-electron chi connectivity index (χ1n) is 3.01. The van der Waals surface area contributed by atoms with Crippen molar-refractivity contribution in [3.63, 3.8) is 0 Å². The number of benzene rings is 1. The second-order valence-electron chi connectivity index (χ2n) is 2.08. The number of phosphoric ester groups is 1. The average Bonchev–Trinajstić information content (AvgIpc) is 1.91. The number of phenols is 1. The van der Waals surface area contributed by atoms with Gasteiger partial charge in [0.15, 0.2) is 0 Å². The third kappa shape index (κ3) is 2.92. The third-order valence-electron chi connectivity index (χ3n) is 1.06. The lowest BCUT2D eigenvalue weighted by Crippen LogP contribution is -1.88. The molecule has 0 bridgehead atoms. The maximum absolute atomic E-state index is 10.3. The minimum atomic E-state index is -4.48. The van der Waals surface area contributed by atoms with Gasteiger partial charge in [0.2, 0.25) is 0 Å². The summed E-state index contributed by atoms with van der Waals surface area (Å²) in [5.74, 6) is 0.0224. The molecule has 0 amide bonds. The molecule has 0 atom stereocenters. The second kappa shape index (κ2) is 3.15. The first-order chi connectivity index (χ1) is 5.47. The van der Waals surface area contributed by atoms with Crippen molar-refractivity contribution in [3.8, 4) is 11.5 Å². The molecule has 5 nitrogen and oxygen atoms in total. The first kappa shape index (κ1) is 9.06. The van der Waals surface area contributed by atoms with Crippen molar-refractivity contribution in [1.82, 2.24) is 0 Å². The summed E-state index contributed by atoms with van der Waals surface area (Å²) in [5.41, 5.74) is 0. The van der Waals surface area contributed by atoms with Gasteiger partial charge < -0.3 is 9.63 Å². The standard InChI is InChI=1S/C6H7O5P/c7-5-1-3-6(4-2-5)11-12(8,9)10/h1-4,7H,(H2,8,9,10). The van der Waals surface area contributed by atoms with Crippen molar-refractivity contribution in [2.24, 2.45) is 0 Å². The molecule has 0 radical (unpaired) electrons. The number of rotatable bonds is 2. The molecule has 3 N–H and O–H groups in total. The van der Waals surface area contributed by atoms with Crippen LogP contribution >= 0.6 is 7.82 Å².